The number of ether oxygens (including phenoxy) is 1. The number of amidine groups is 2. The fourth-order valence-electron chi connectivity index (χ4n) is 6.56. The van der Waals surface area contributed by atoms with Gasteiger partial charge in [0, 0.05) is 22.1 Å². The van der Waals surface area contributed by atoms with E-state index in [0.717, 1.165) is 72.5 Å². The standard InChI is InChI=1S/C42H30N4O/c1-4-11-27(12-5-1)32-17-10-18-33(25-32)40-44-39(30-13-6-2-7-14-30)45-41(46-40)34-22-20-28-19-21-29-23-24-36-38(37(29)35(28)26-34)47-42(43-36)31-15-8-3-9-16-31/h1-26,41-43H,(H,44,45,46). The fraction of sp³-hybridized carbons (Fsp3) is 0.0476. The van der Waals surface area contributed by atoms with Crippen molar-refractivity contribution >= 4 is 38.9 Å². The molecule has 47 heavy (non-hydrogen) atoms. The van der Waals surface area contributed by atoms with E-state index in [1.54, 1.807) is 0 Å². The number of nitrogens with zero attached hydrogens (tertiary/aromatic N) is 2. The van der Waals surface area contributed by atoms with Gasteiger partial charge in [-0.3, -0.25) is 0 Å². The Hall–Kier alpha value is -6.20. The number of anilines is 1. The normalized spacial score (nSPS) is 16.9. The third kappa shape index (κ3) is 4.99. The third-order valence-electron chi connectivity index (χ3n) is 8.93. The number of rotatable bonds is 5. The van der Waals surface area contributed by atoms with E-state index in [0.29, 0.717) is 0 Å². The molecule has 0 aliphatic carbocycles. The van der Waals surface area contributed by atoms with Crippen LogP contribution in [0.3, 0.4) is 0 Å². The van der Waals surface area contributed by atoms with E-state index in [4.69, 9.17) is 14.7 Å². The average Bonchev–Trinajstić information content (AvgIpc) is 3.60. The van der Waals surface area contributed by atoms with E-state index in [2.05, 4.69) is 126 Å². The molecule has 5 heteroatoms. The molecule has 0 saturated carbocycles. The average molecular weight is 607 g/mol. The minimum Gasteiger partial charge on any atom is -0.464 e. The third-order valence-corrected chi connectivity index (χ3v) is 8.93. The Kier molecular flexibility index (Phi) is 6.53. The zero-order valence-electron chi connectivity index (χ0n) is 25.5. The molecule has 2 aliphatic rings. The van der Waals surface area contributed by atoms with Gasteiger partial charge in [-0.2, -0.15) is 0 Å². The van der Waals surface area contributed by atoms with Crippen molar-refractivity contribution in [1.29, 1.82) is 0 Å². The molecule has 224 valence electrons. The van der Waals surface area contributed by atoms with Gasteiger partial charge in [-0.05, 0) is 51.0 Å². The van der Waals surface area contributed by atoms with Crippen LogP contribution in [0.15, 0.2) is 168 Å². The Morgan fingerprint density at radius 2 is 1.11 bits per heavy atom. The monoisotopic (exact) mass is 606 g/mol. The molecule has 7 aromatic rings. The summed E-state index contributed by atoms with van der Waals surface area (Å²) in [6.45, 7) is 0. The van der Waals surface area contributed by atoms with Crippen molar-refractivity contribution in [2.24, 2.45) is 9.98 Å². The number of fused-ring (bicyclic) bond motifs is 5. The van der Waals surface area contributed by atoms with Gasteiger partial charge in [0.1, 0.15) is 11.7 Å². The van der Waals surface area contributed by atoms with Crippen molar-refractivity contribution in [3.63, 3.8) is 0 Å². The molecule has 0 saturated heterocycles. The Bertz CT molecular complexity index is 2330. The molecule has 9 rings (SSSR count). The summed E-state index contributed by atoms with van der Waals surface area (Å²) in [7, 11) is 0. The molecule has 0 amide bonds. The molecule has 0 spiro atoms. The van der Waals surface area contributed by atoms with Crippen molar-refractivity contribution in [2.45, 2.75) is 12.4 Å². The van der Waals surface area contributed by atoms with Gasteiger partial charge >= 0.3 is 0 Å². The maximum absolute atomic E-state index is 6.62. The summed E-state index contributed by atoms with van der Waals surface area (Å²) in [4.78, 5) is 10.4. The maximum atomic E-state index is 6.62. The lowest BCUT2D eigenvalue weighted by molar-refractivity contribution is 0.263. The van der Waals surface area contributed by atoms with Gasteiger partial charge in [0.25, 0.3) is 0 Å². The summed E-state index contributed by atoms with van der Waals surface area (Å²) in [6, 6.07) is 54.7. The van der Waals surface area contributed by atoms with Crippen molar-refractivity contribution in [1.82, 2.24) is 5.32 Å². The minimum absolute atomic E-state index is 0.239. The molecule has 0 fully saturated rings. The highest BCUT2D eigenvalue weighted by atomic mass is 16.5. The van der Waals surface area contributed by atoms with Crippen molar-refractivity contribution < 1.29 is 4.74 Å². The lowest BCUT2D eigenvalue weighted by Gasteiger charge is -2.23. The molecule has 0 radical (unpaired) electrons. The summed E-state index contributed by atoms with van der Waals surface area (Å²) >= 11 is 0. The van der Waals surface area contributed by atoms with Crippen molar-refractivity contribution in [3.05, 3.63) is 180 Å². The number of aliphatic imine (C=N–C) groups is 2. The van der Waals surface area contributed by atoms with Crippen LogP contribution in [-0.2, 0) is 0 Å². The second kappa shape index (κ2) is 11.3. The number of benzene rings is 7. The first-order valence-corrected chi connectivity index (χ1v) is 15.9. The predicted octanol–water partition coefficient (Wildman–Crippen LogP) is 9.66. The van der Waals surface area contributed by atoms with Gasteiger partial charge in [0.05, 0.1) is 5.69 Å². The van der Waals surface area contributed by atoms with E-state index in [-0.39, 0.29) is 6.23 Å². The maximum Gasteiger partial charge on any atom is 0.196 e. The van der Waals surface area contributed by atoms with Crippen LogP contribution in [-0.4, -0.2) is 11.7 Å². The second-order valence-electron chi connectivity index (χ2n) is 11.9. The first-order valence-electron chi connectivity index (χ1n) is 15.9. The van der Waals surface area contributed by atoms with Crippen LogP contribution in [0, 0.1) is 0 Å². The van der Waals surface area contributed by atoms with Crippen LogP contribution < -0.4 is 15.4 Å². The molecule has 0 bridgehead atoms. The molecule has 0 aromatic heterocycles. The summed E-state index contributed by atoms with van der Waals surface area (Å²) in [5.74, 6) is 2.46. The lowest BCUT2D eigenvalue weighted by atomic mass is 9.97. The summed E-state index contributed by atoms with van der Waals surface area (Å²) in [5, 5.41) is 11.6. The van der Waals surface area contributed by atoms with Gasteiger partial charge in [-0.15, -0.1) is 0 Å². The Morgan fingerprint density at radius 3 is 1.89 bits per heavy atom. The van der Waals surface area contributed by atoms with E-state index in [1.807, 2.05) is 42.5 Å². The van der Waals surface area contributed by atoms with Gasteiger partial charge in [-0.25, -0.2) is 9.98 Å². The number of hydrogen-bond acceptors (Lipinski definition) is 5. The summed E-state index contributed by atoms with van der Waals surface area (Å²) < 4.78 is 6.62. The number of nitrogens with one attached hydrogen (secondary N) is 2. The van der Waals surface area contributed by atoms with Gasteiger partial charge in [0.15, 0.2) is 18.1 Å². The zero-order valence-corrected chi connectivity index (χ0v) is 25.5. The molecule has 7 aromatic carbocycles. The highest BCUT2D eigenvalue weighted by Crippen LogP contribution is 2.46. The zero-order chi connectivity index (χ0) is 31.2. The van der Waals surface area contributed by atoms with E-state index in [1.165, 1.54) is 5.56 Å². The molecule has 2 atom stereocenters. The first-order chi connectivity index (χ1) is 23.3. The number of hydrogen-bond donors (Lipinski definition) is 2. The fourth-order valence-corrected chi connectivity index (χ4v) is 6.56. The molecule has 2 aliphatic heterocycles. The Morgan fingerprint density at radius 1 is 0.489 bits per heavy atom. The van der Waals surface area contributed by atoms with Crippen LogP contribution in [0.4, 0.5) is 5.69 Å². The largest absolute Gasteiger partial charge is 0.464 e. The summed E-state index contributed by atoms with van der Waals surface area (Å²) in [6.07, 6.45) is -0.675. The van der Waals surface area contributed by atoms with Crippen LogP contribution in [0.1, 0.15) is 34.6 Å². The quantitative estimate of drug-likeness (QED) is 0.192. The van der Waals surface area contributed by atoms with E-state index >= 15 is 0 Å². The van der Waals surface area contributed by atoms with Gasteiger partial charge in [0.2, 0.25) is 0 Å². The highest BCUT2D eigenvalue weighted by molar-refractivity contribution is 6.16. The second-order valence-corrected chi connectivity index (χ2v) is 11.9. The van der Waals surface area contributed by atoms with E-state index < -0.39 is 6.17 Å². The predicted molar refractivity (Wildman–Crippen MR) is 192 cm³/mol. The Labute approximate surface area is 272 Å². The van der Waals surface area contributed by atoms with Gasteiger partial charge < -0.3 is 15.4 Å². The lowest BCUT2D eigenvalue weighted by Crippen LogP contribution is -2.36. The smallest absolute Gasteiger partial charge is 0.196 e. The molecule has 2 heterocycles. The molecule has 2 N–H and O–H groups in total. The van der Waals surface area contributed by atoms with Crippen molar-refractivity contribution in [3.8, 4) is 16.9 Å². The van der Waals surface area contributed by atoms with E-state index in [9.17, 15) is 0 Å². The molecule has 2 unspecified atom stereocenters. The minimum atomic E-state index is -0.436. The first kappa shape index (κ1) is 27.1. The SMILES string of the molecule is c1ccc(C2=NC(c3ccc4ccc5ccc6c(c5c4c3)OC(c3ccccc3)N6)N=C(c3cccc(-c4ccccc4)c3)N2)cc1. The Balaban J connectivity index is 1.17. The van der Waals surface area contributed by atoms with Gasteiger partial charge in [-0.1, -0.05) is 140 Å². The topological polar surface area (TPSA) is 58.0 Å². The van der Waals surface area contributed by atoms with Crippen molar-refractivity contribution in [2.75, 3.05) is 5.32 Å². The van der Waals surface area contributed by atoms with Crippen LogP contribution >= 0.6 is 0 Å². The van der Waals surface area contributed by atoms with Crippen LogP contribution in [0.5, 0.6) is 5.75 Å². The van der Waals surface area contributed by atoms with Crippen LogP contribution in [0.25, 0.3) is 32.7 Å². The summed E-state index contributed by atoms with van der Waals surface area (Å²) in [5.41, 5.74) is 7.43. The molecule has 5 nitrogen and oxygen atoms in total. The highest BCUT2D eigenvalue weighted by Gasteiger charge is 2.27. The van der Waals surface area contributed by atoms with Crippen LogP contribution in [0.2, 0.25) is 0 Å². The molecular formula is C42H30N4O. The molecular weight excluding hydrogens is 576 g/mol.